The second-order valence-electron chi connectivity index (χ2n) is 13.2. The maximum Gasteiger partial charge on any atom is 0.217 e. The maximum absolute atomic E-state index is 12.5. The van der Waals surface area contributed by atoms with Gasteiger partial charge in [0.2, 0.25) is 5.91 Å². The minimum absolute atomic E-state index is 0.191. The number of nitrogens with one attached hydrogen (secondary N) is 1. The lowest BCUT2D eigenvalue weighted by Gasteiger charge is -2.44. The standard InChI is InChI=1S/C32H49NO12/c1-18(34)33-22-25-24(42-31(4,5)43-25)20(16-37-15-19-13-11-10-12-14-19)39-28(22)40-23(21-17-38-30(2,3)41-21)26-27(29(35-8)36-9)45-32(6,7)44-26/h10-14,20-29H,15-17H2,1-9H3,(H,33,34)/t20-,21-,22+,23-,24+,25-,26+,27-,28+/m1/s1. The maximum atomic E-state index is 12.5. The van der Waals surface area contributed by atoms with E-state index < -0.39 is 78.7 Å². The average molecular weight is 640 g/mol. The summed E-state index contributed by atoms with van der Waals surface area (Å²) in [7, 11) is 3.06. The van der Waals surface area contributed by atoms with Crippen LogP contribution in [0.4, 0.5) is 0 Å². The Morgan fingerprint density at radius 1 is 0.889 bits per heavy atom. The van der Waals surface area contributed by atoms with Crippen molar-refractivity contribution in [2.24, 2.45) is 0 Å². The second kappa shape index (κ2) is 13.8. The summed E-state index contributed by atoms with van der Waals surface area (Å²) in [6, 6.07) is 9.12. The summed E-state index contributed by atoms with van der Waals surface area (Å²) in [6.45, 7) is 13.2. The molecule has 1 aromatic carbocycles. The van der Waals surface area contributed by atoms with Gasteiger partial charge in [0.15, 0.2) is 29.9 Å². The number of hydrogen-bond acceptors (Lipinski definition) is 12. The first kappa shape index (κ1) is 34.6. The van der Waals surface area contributed by atoms with Crippen molar-refractivity contribution < 1.29 is 56.9 Å². The Bertz CT molecular complexity index is 1130. The van der Waals surface area contributed by atoms with Gasteiger partial charge in [0.25, 0.3) is 0 Å². The molecule has 0 saturated carbocycles. The third-order valence-corrected chi connectivity index (χ3v) is 8.16. The van der Waals surface area contributed by atoms with Gasteiger partial charge in [-0.2, -0.15) is 0 Å². The van der Waals surface area contributed by atoms with Gasteiger partial charge in [0.1, 0.15) is 48.8 Å². The summed E-state index contributed by atoms with van der Waals surface area (Å²) in [5, 5.41) is 2.99. The largest absolute Gasteiger partial charge is 0.374 e. The number of fused-ring (bicyclic) bond motifs is 1. The van der Waals surface area contributed by atoms with Gasteiger partial charge in [0, 0.05) is 21.1 Å². The fourth-order valence-corrected chi connectivity index (χ4v) is 6.43. The lowest BCUT2D eigenvalue weighted by molar-refractivity contribution is -0.294. The van der Waals surface area contributed by atoms with Crippen molar-refractivity contribution in [3.05, 3.63) is 35.9 Å². The number of ether oxygens (including phenoxy) is 11. The van der Waals surface area contributed by atoms with Crippen LogP contribution in [0.15, 0.2) is 30.3 Å². The molecule has 1 N–H and O–H groups in total. The molecule has 0 radical (unpaired) electrons. The highest BCUT2D eigenvalue weighted by Crippen LogP contribution is 2.42. The van der Waals surface area contributed by atoms with Crippen molar-refractivity contribution in [3.63, 3.8) is 0 Å². The van der Waals surface area contributed by atoms with Crippen molar-refractivity contribution in [2.75, 3.05) is 27.4 Å². The van der Waals surface area contributed by atoms with Crippen LogP contribution in [0.2, 0.25) is 0 Å². The van der Waals surface area contributed by atoms with Crippen LogP contribution in [0.25, 0.3) is 0 Å². The highest BCUT2D eigenvalue weighted by molar-refractivity contribution is 5.73. The molecule has 4 heterocycles. The zero-order chi connectivity index (χ0) is 32.6. The zero-order valence-electron chi connectivity index (χ0n) is 27.7. The number of methoxy groups -OCH3 is 2. The molecular weight excluding hydrogens is 590 g/mol. The van der Waals surface area contributed by atoms with Crippen LogP contribution in [0.5, 0.6) is 0 Å². The Labute approximate surface area is 265 Å². The molecule has 1 aromatic rings. The molecule has 0 aliphatic carbocycles. The first-order valence-electron chi connectivity index (χ1n) is 15.5. The fourth-order valence-electron chi connectivity index (χ4n) is 6.43. The summed E-state index contributed by atoms with van der Waals surface area (Å²) < 4.78 is 68.5. The van der Waals surface area contributed by atoms with E-state index in [0.29, 0.717) is 6.61 Å². The first-order valence-corrected chi connectivity index (χ1v) is 15.5. The van der Waals surface area contributed by atoms with Gasteiger partial charge in [0.05, 0.1) is 19.8 Å². The summed E-state index contributed by atoms with van der Waals surface area (Å²) >= 11 is 0. The van der Waals surface area contributed by atoms with Crippen LogP contribution in [0.1, 0.15) is 54.0 Å². The minimum atomic E-state index is -1.02. The van der Waals surface area contributed by atoms with E-state index in [4.69, 9.17) is 52.1 Å². The van der Waals surface area contributed by atoms with E-state index in [1.807, 2.05) is 71.9 Å². The Morgan fingerprint density at radius 3 is 2.16 bits per heavy atom. The summed E-state index contributed by atoms with van der Waals surface area (Å²) in [4.78, 5) is 12.5. The molecule has 4 aliphatic rings. The Balaban J connectivity index is 1.45. The fraction of sp³-hybridized carbons (Fsp3) is 0.781. The molecule has 0 aromatic heterocycles. The van der Waals surface area contributed by atoms with Gasteiger partial charge < -0.3 is 57.4 Å². The smallest absolute Gasteiger partial charge is 0.217 e. The van der Waals surface area contributed by atoms with E-state index in [1.54, 1.807) is 0 Å². The quantitative estimate of drug-likeness (QED) is 0.338. The van der Waals surface area contributed by atoms with E-state index in [2.05, 4.69) is 5.32 Å². The lowest BCUT2D eigenvalue weighted by Crippen LogP contribution is -2.65. The summed E-state index contributed by atoms with van der Waals surface area (Å²) in [5.74, 6) is -3.07. The molecular formula is C32H49NO12. The van der Waals surface area contributed by atoms with Crippen molar-refractivity contribution in [3.8, 4) is 0 Å². The van der Waals surface area contributed by atoms with Crippen LogP contribution in [0.3, 0.4) is 0 Å². The van der Waals surface area contributed by atoms with E-state index in [-0.39, 0.29) is 19.1 Å². The minimum Gasteiger partial charge on any atom is -0.374 e. The summed E-state index contributed by atoms with van der Waals surface area (Å²) in [5.41, 5.74) is 1.02. The highest BCUT2D eigenvalue weighted by Gasteiger charge is 2.59. The zero-order valence-corrected chi connectivity index (χ0v) is 27.7. The van der Waals surface area contributed by atoms with Gasteiger partial charge in [-0.15, -0.1) is 0 Å². The van der Waals surface area contributed by atoms with E-state index >= 15 is 0 Å². The first-order chi connectivity index (χ1) is 21.2. The topological polar surface area (TPSA) is 131 Å². The normalized spacial score (nSPS) is 35.8. The van der Waals surface area contributed by atoms with Gasteiger partial charge in [-0.25, -0.2) is 0 Å². The molecule has 1 amide bonds. The predicted octanol–water partition coefficient (Wildman–Crippen LogP) is 2.63. The van der Waals surface area contributed by atoms with Crippen LogP contribution in [-0.2, 0) is 63.5 Å². The Morgan fingerprint density at radius 2 is 1.53 bits per heavy atom. The molecule has 5 rings (SSSR count). The van der Waals surface area contributed by atoms with Crippen LogP contribution in [0, 0.1) is 0 Å². The molecule has 0 unspecified atom stereocenters. The molecule has 13 heteroatoms. The molecule has 0 bridgehead atoms. The number of amides is 1. The predicted molar refractivity (Wildman–Crippen MR) is 158 cm³/mol. The third kappa shape index (κ3) is 8.22. The van der Waals surface area contributed by atoms with Crippen molar-refractivity contribution in [1.29, 1.82) is 0 Å². The molecule has 13 nitrogen and oxygen atoms in total. The number of hydrogen-bond donors (Lipinski definition) is 1. The van der Waals surface area contributed by atoms with Crippen LogP contribution >= 0.6 is 0 Å². The van der Waals surface area contributed by atoms with Crippen molar-refractivity contribution >= 4 is 5.91 Å². The monoisotopic (exact) mass is 639 g/mol. The Kier molecular flexibility index (Phi) is 10.6. The van der Waals surface area contributed by atoms with E-state index in [0.717, 1.165) is 5.56 Å². The van der Waals surface area contributed by atoms with Gasteiger partial charge in [-0.1, -0.05) is 30.3 Å². The number of carbonyl (C=O) groups is 1. The van der Waals surface area contributed by atoms with Gasteiger partial charge in [-0.3, -0.25) is 4.79 Å². The summed E-state index contributed by atoms with van der Waals surface area (Å²) in [6.07, 6.45) is -6.38. The van der Waals surface area contributed by atoms with Crippen molar-refractivity contribution in [2.45, 2.75) is 134 Å². The van der Waals surface area contributed by atoms with Gasteiger partial charge >= 0.3 is 0 Å². The van der Waals surface area contributed by atoms with E-state index in [9.17, 15) is 4.79 Å². The molecule has 254 valence electrons. The molecule has 9 atom stereocenters. The number of benzene rings is 1. The lowest BCUT2D eigenvalue weighted by atomic mass is 9.96. The van der Waals surface area contributed by atoms with E-state index in [1.165, 1.54) is 21.1 Å². The van der Waals surface area contributed by atoms with Crippen LogP contribution in [-0.4, -0.2) is 112 Å². The average Bonchev–Trinajstić information content (AvgIpc) is 3.60. The molecule has 4 saturated heterocycles. The molecule has 4 aliphatic heterocycles. The molecule has 4 fully saturated rings. The van der Waals surface area contributed by atoms with Crippen molar-refractivity contribution in [1.82, 2.24) is 5.32 Å². The SMILES string of the molecule is COC(OC)[C@@H]1OC(C)(C)O[C@H]1[C@H](O[C@@H]1O[C@H](COCc2ccccc2)[C@@H]2OC(C)(C)O[C@@H]2[C@@H]1NC(C)=O)[C@H]1COC(C)(C)O1. The second-order valence-corrected chi connectivity index (χ2v) is 13.2. The third-order valence-electron chi connectivity index (χ3n) is 8.16. The van der Waals surface area contributed by atoms with Crippen LogP contribution < -0.4 is 5.32 Å². The molecule has 0 spiro atoms. The number of rotatable bonds is 12. The highest BCUT2D eigenvalue weighted by atomic mass is 16.8. The Hall–Kier alpha value is -1.75. The number of carbonyl (C=O) groups excluding carboxylic acids is 1. The van der Waals surface area contributed by atoms with Gasteiger partial charge in [-0.05, 0) is 47.1 Å². The molecule has 45 heavy (non-hydrogen) atoms.